The van der Waals surface area contributed by atoms with Crippen LogP contribution in [0, 0.1) is 6.92 Å². The Labute approximate surface area is 183 Å². The van der Waals surface area contributed by atoms with Crippen LogP contribution in [0.25, 0.3) is 11.6 Å². The minimum atomic E-state index is -1.18. The molecule has 1 aromatic carbocycles. The predicted octanol–water partition coefficient (Wildman–Crippen LogP) is 4.71. The van der Waals surface area contributed by atoms with Gasteiger partial charge in [0, 0.05) is 11.8 Å². The van der Waals surface area contributed by atoms with E-state index >= 15 is 0 Å². The molecule has 6 heteroatoms. The number of aromatic nitrogens is 1. The van der Waals surface area contributed by atoms with Crippen LogP contribution in [-0.2, 0) is 10.2 Å². The molecule has 1 aromatic heterocycles. The average molecular weight is 423 g/mol. The van der Waals surface area contributed by atoms with Crippen LogP contribution in [0.15, 0.2) is 42.1 Å². The summed E-state index contributed by atoms with van der Waals surface area (Å²) < 4.78 is 0. The fourth-order valence-electron chi connectivity index (χ4n) is 3.09. The maximum absolute atomic E-state index is 12.2. The number of nitrogens with one attached hydrogen (secondary N) is 1. The second-order valence-corrected chi connectivity index (χ2v) is 8.70. The van der Waals surface area contributed by atoms with E-state index in [1.165, 1.54) is 11.8 Å². The van der Waals surface area contributed by atoms with E-state index in [1.54, 1.807) is 13.0 Å². The predicted molar refractivity (Wildman–Crippen MR) is 123 cm³/mol. The Morgan fingerprint density at radius 2 is 1.74 bits per heavy atom. The van der Waals surface area contributed by atoms with Crippen molar-refractivity contribution in [3.05, 3.63) is 70.1 Å². The van der Waals surface area contributed by atoms with Gasteiger partial charge >= 0.3 is 5.97 Å². The van der Waals surface area contributed by atoms with Gasteiger partial charge in [0.1, 0.15) is 6.54 Å². The molecule has 0 aliphatic carbocycles. The molecule has 0 bridgehead atoms. The van der Waals surface area contributed by atoms with E-state index < -0.39 is 18.4 Å². The van der Waals surface area contributed by atoms with E-state index in [4.69, 9.17) is 5.11 Å². The minimum Gasteiger partial charge on any atom is -0.505 e. The molecule has 31 heavy (non-hydrogen) atoms. The van der Waals surface area contributed by atoms with Crippen LogP contribution < -0.4 is 5.32 Å². The average Bonchev–Trinajstić information content (AvgIpc) is 2.68. The molecule has 3 N–H and O–H groups in total. The number of carboxylic acids is 1. The summed E-state index contributed by atoms with van der Waals surface area (Å²) in [4.78, 5) is 26.8. The van der Waals surface area contributed by atoms with Crippen molar-refractivity contribution in [1.82, 2.24) is 10.3 Å². The summed E-state index contributed by atoms with van der Waals surface area (Å²) >= 11 is 0. The molecule has 0 spiro atoms. The van der Waals surface area contributed by atoms with Gasteiger partial charge in [0.25, 0.3) is 5.91 Å². The monoisotopic (exact) mass is 422 g/mol. The summed E-state index contributed by atoms with van der Waals surface area (Å²) in [6, 6.07) is 8.40. The number of allylic oxidation sites excluding steroid dienone is 3. The smallest absolute Gasteiger partial charge is 0.322 e. The molecule has 0 aliphatic heterocycles. The van der Waals surface area contributed by atoms with Crippen LogP contribution in [-0.4, -0.2) is 33.6 Å². The van der Waals surface area contributed by atoms with Crippen molar-refractivity contribution < 1.29 is 19.8 Å². The number of hydrogen-bond acceptors (Lipinski definition) is 4. The van der Waals surface area contributed by atoms with E-state index in [2.05, 4.69) is 55.3 Å². The van der Waals surface area contributed by atoms with Crippen LogP contribution >= 0.6 is 0 Å². The quantitative estimate of drug-likeness (QED) is 0.585. The summed E-state index contributed by atoms with van der Waals surface area (Å²) in [5.41, 5.74) is 5.41. The number of benzene rings is 1. The highest BCUT2D eigenvalue weighted by atomic mass is 16.4. The van der Waals surface area contributed by atoms with E-state index in [-0.39, 0.29) is 16.9 Å². The maximum Gasteiger partial charge on any atom is 0.322 e. The first-order chi connectivity index (χ1) is 14.4. The molecule has 1 heterocycles. The Kier molecular flexibility index (Phi) is 7.39. The lowest BCUT2D eigenvalue weighted by atomic mass is 9.86. The SMILES string of the molecule is CC(C)=C(/C=C\c1c(C)cnc(C(=O)NCC(=O)O)c1O)c1ccc(C(C)(C)C)cc1. The highest BCUT2D eigenvalue weighted by Crippen LogP contribution is 2.29. The first kappa shape index (κ1) is 23.9. The number of nitrogens with zero attached hydrogens (tertiary/aromatic N) is 1. The van der Waals surface area contributed by atoms with Crippen LogP contribution in [0.5, 0.6) is 5.75 Å². The van der Waals surface area contributed by atoms with Crippen LogP contribution in [0.1, 0.15) is 67.4 Å². The van der Waals surface area contributed by atoms with Gasteiger partial charge in [-0.15, -0.1) is 0 Å². The van der Waals surface area contributed by atoms with Gasteiger partial charge in [0.2, 0.25) is 0 Å². The lowest BCUT2D eigenvalue weighted by Crippen LogP contribution is -2.30. The molecule has 2 aromatic rings. The number of carbonyl (C=O) groups excluding carboxylic acids is 1. The molecule has 164 valence electrons. The Bertz CT molecular complexity index is 1040. The van der Waals surface area contributed by atoms with Gasteiger partial charge in [-0.05, 0) is 48.4 Å². The first-order valence-electron chi connectivity index (χ1n) is 10.1. The molecule has 6 nitrogen and oxygen atoms in total. The number of aryl methyl sites for hydroxylation is 1. The number of carboxylic acid groups (broad SMARTS) is 1. The van der Waals surface area contributed by atoms with E-state index in [0.29, 0.717) is 11.1 Å². The second kappa shape index (κ2) is 9.60. The normalized spacial score (nSPS) is 11.4. The van der Waals surface area contributed by atoms with Crippen LogP contribution in [0.2, 0.25) is 0 Å². The zero-order valence-corrected chi connectivity index (χ0v) is 18.9. The van der Waals surface area contributed by atoms with Crippen molar-refractivity contribution in [3.63, 3.8) is 0 Å². The van der Waals surface area contributed by atoms with Gasteiger partial charge in [-0.25, -0.2) is 4.98 Å². The fraction of sp³-hybridized carbons (Fsp3) is 0.320. The topological polar surface area (TPSA) is 99.5 Å². The van der Waals surface area contributed by atoms with E-state index in [9.17, 15) is 14.7 Å². The number of hydrogen-bond donors (Lipinski definition) is 3. The molecule has 0 atom stereocenters. The van der Waals surface area contributed by atoms with Gasteiger partial charge in [-0.3, -0.25) is 9.59 Å². The summed E-state index contributed by atoms with van der Waals surface area (Å²) in [7, 11) is 0. The third kappa shape index (κ3) is 6.04. The molecule has 0 saturated carbocycles. The number of aliphatic carboxylic acids is 1. The third-order valence-electron chi connectivity index (χ3n) is 4.92. The molecular weight excluding hydrogens is 392 g/mol. The van der Waals surface area contributed by atoms with Crippen molar-refractivity contribution in [3.8, 4) is 5.75 Å². The molecule has 0 fully saturated rings. The van der Waals surface area contributed by atoms with Crippen LogP contribution in [0.4, 0.5) is 0 Å². The highest BCUT2D eigenvalue weighted by Gasteiger charge is 2.18. The number of rotatable bonds is 6. The lowest BCUT2D eigenvalue weighted by Gasteiger charge is -2.19. The van der Waals surface area contributed by atoms with Crippen molar-refractivity contribution in [2.45, 2.75) is 47.0 Å². The van der Waals surface area contributed by atoms with Crippen molar-refractivity contribution >= 4 is 23.5 Å². The minimum absolute atomic E-state index is 0.0665. The summed E-state index contributed by atoms with van der Waals surface area (Å²) in [5.74, 6) is -2.20. The Balaban J connectivity index is 2.40. The van der Waals surface area contributed by atoms with Crippen LogP contribution in [0.3, 0.4) is 0 Å². The van der Waals surface area contributed by atoms with Crippen molar-refractivity contribution in [1.29, 1.82) is 0 Å². The molecule has 0 radical (unpaired) electrons. The Morgan fingerprint density at radius 3 is 2.26 bits per heavy atom. The van der Waals surface area contributed by atoms with Gasteiger partial charge in [-0.1, -0.05) is 62.8 Å². The zero-order chi connectivity index (χ0) is 23.3. The summed E-state index contributed by atoms with van der Waals surface area (Å²) in [5, 5.41) is 21.6. The zero-order valence-electron chi connectivity index (χ0n) is 18.9. The standard InChI is InChI=1S/C25H30N2O4/c1-15(2)19(17-7-9-18(10-8-17)25(4,5)6)11-12-20-16(3)13-26-22(23(20)30)24(31)27-14-21(28)29/h7-13,30H,14H2,1-6H3,(H,27,31)(H,28,29)/b12-11-. The van der Waals surface area contributed by atoms with Gasteiger partial charge in [-0.2, -0.15) is 0 Å². The van der Waals surface area contributed by atoms with Crippen molar-refractivity contribution in [2.75, 3.05) is 6.54 Å². The molecule has 2 rings (SSSR count). The Hall–Kier alpha value is -3.41. The fourth-order valence-corrected chi connectivity index (χ4v) is 3.09. The lowest BCUT2D eigenvalue weighted by molar-refractivity contribution is -0.135. The molecule has 0 aliphatic rings. The molecule has 1 amide bonds. The van der Waals surface area contributed by atoms with E-state index in [1.807, 2.05) is 19.9 Å². The molecular formula is C25H30N2O4. The van der Waals surface area contributed by atoms with E-state index in [0.717, 1.165) is 16.7 Å². The Morgan fingerprint density at radius 1 is 1.13 bits per heavy atom. The summed E-state index contributed by atoms with van der Waals surface area (Å²) in [6.45, 7) is 11.8. The first-order valence-corrected chi connectivity index (χ1v) is 10.1. The largest absolute Gasteiger partial charge is 0.505 e. The van der Waals surface area contributed by atoms with Gasteiger partial charge in [0.15, 0.2) is 11.4 Å². The number of aromatic hydroxyl groups is 1. The number of pyridine rings is 1. The van der Waals surface area contributed by atoms with Gasteiger partial charge < -0.3 is 15.5 Å². The second-order valence-electron chi connectivity index (χ2n) is 8.70. The molecule has 0 saturated heterocycles. The maximum atomic E-state index is 12.2. The molecule has 0 unspecified atom stereocenters. The number of carbonyl (C=O) groups is 2. The van der Waals surface area contributed by atoms with Gasteiger partial charge in [0.05, 0.1) is 0 Å². The summed E-state index contributed by atoms with van der Waals surface area (Å²) in [6.07, 6.45) is 5.14. The third-order valence-corrected chi connectivity index (χ3v) is 4.92. The van der Waals surface area contributed by atoms with Crippen molar-refractivity contribution in [2.24, 2.45) is 0 Å². The highest BCUT2D eigenvalue weighted by molar-refractivity contribution is 5.97. The number of amides is 1.